The second-order valence-corrected chi connectivity index (χ2v) is 7.76. The predicted molar refractivity (Wildman–Crippen MR) is 75.8 cm³/mol. The van der Waals surface area contributed by atoms with Gasteiger partial charge in [0.05, 0.1) is 24.0 Å². The van der Waals surface area contributed by atoms with Gasteiger partial charge in [0.15, 0.2) is 9.84 Å². The molecule has 0 spiro atoms. The highest BCUT2D eigenvalue weighted by Crippen LogP contribution is 2.16. The van der Waals surface area contributed by atoms with Crippen LogP contribution < -0.4 is 10.6 Å². The lowest BCUT2D eigenvalue weighted by molar-refractivity contribution is -0.138. The number of sulfone groups is 1. The lowest BCUT2D eigenvalue weighted by atomic mass is 10.1. The molecule has 8 nitrogen and oxygen atoms in total. The van der Waals surface area contributed by atoms with Crippen LogP contribution in [0.25, 0.3) is 0 Å². The van der Waals surface area contributed by atoms with Gasteiger partial charge in [-0.2, -0.15) is 0 Å². The van der Waals surface area contributed by atoms with Gasteiger partial charge in [0, 0.05) is 12.6 Å². The number of nitrogens with zero attached hydrogens (tertiary/aromatic N) is 1. The summed E-state index contributed by atoms with van der Waals surface area (Å²) in [6.45, 7) is 1.72. The summed E-state index contributed by atoms with van der Waals surface area (Å²) in [5.74, 6) is -1.49. The minimum Gasteiger partial charge on any atom is -0.481 e. The van der Waals surface area contributed by atoms with Crippen molar-refractivity contribution >= 4 is 21.8 Å². The molecule has 2 amide bonds. The molecular weight excluding hydrogens is 298 g/mol. The summed E-state index contributed by atoms with van der Waals surface area (Å²) in [6.07, 6.45) is 1.29. The van der Waals surface area contributed by atoms with Gasteiger partial charge in [0.25, 0.3) is 0 Å². The first-order valence-corrected chi connectivity index (χ1v) is 8.89. The van der Waals surface area contributed by atoms with Crippen LogP contribution in [0.15, 0.2) is 0 Å². The quantitative estimate of drug-likeness (QED) is 0.616. The number of carboxylic acids is 1. The molecule has 0 aromatic heterocycles. The van der Waals surface area contributed by atoms with Crippen LogP contribution in [-0.4, -0.2) is 73.6 Å². The van der Waals surface area contributed by atoms with Gasteiger partial charge in [-0.1, -0.05) is 0 Å². The van der Waals surface area contributed by atoms with Crippen molar-refractivity contribution in [3.05, 3.63) is 0 Å². The van der Waals surface area contributed by atoms with Crippen LogP contribution in [0.2, 0.25) is 0 Å². The van der Waals surface area contributed by atoms with E-state index in [1.165, 1.54) is 4.90 Å². The Labute approximate surface area is 123 Å². The third kappa shape index (κ3) is 4.57. The van der Waals surface area contributed by atoms with E-state index in [-0.39, 0.29) is 36.5 Å². The highest BCUT2D eigenvalue weighted by atomic mass is 32.2. The molecule has 0 bridgehead atoms. The molecule has 0 aromatic rings. The monoisotopic (exact) mass is 319 g/mol. The van der Waals surface area contributed by atoms with Gasteiger partial charge < -0.3 is 20.6 Å². The molecule has 120 valence electrons. The third-order valence-corrected chi connectivity index (χ3v) is 5.57. The highest BCUT2D eigenvalue weighted by molar-refractivity contribution is 7.91. The smallest absolute Gasteiger partial charge is 0.317 e. The van der Waals surface area contributed by atoms with Gasteiger partial charge in [0.2, 0.25) is 0 Å². The topological polar surface area (TPSA) is 116 Å². The number of nitrogens with one attached hydrogen (secondary N) is 2. The van der Waals surface area contributed by atoms with Gasteiger partial charge in [-0.05, 0) is 25.9 Å². The zero-order chi connectivity index (χ0) is 15.5. The maximum Gasteiger partial charge on any atom is 0.317 e. The number of hydrogen-bond acceptors (Lipinski definition) is 5. The summed E-state index contributed by atoms with van der Waals surface area (Å²) in [4.78, 5) is 24.5. The number of hydrogen-bond donors (Lipinski definition) is 3. The Balaban J connectivity index is 2.00. The average Bonchev–Trinajstić information content (AvgIpc) is 2.38. The van der Waals surface area contributed by atoms with Crippen LogP contribution >= 0.6 is 0 Å². The van der Waals surface area contributed by atoms with Crippen LogP contribution in [0.4, 0.5) is 4.79 Å². The number of urea groups is 1. The predicted octanol–water partition coefficient (Wildman–Crippen LogP) is -0.978. The van der Waals surface area contributed by atoms with Crippen molar-refractivity contribution in [3.8, 4) is 0 Å². The lowest BCUT2D eigenvalue weighted by Gasteiger charge is -2.36. The van der Waals surface area contributed by atoms with Crippen LogP contribution in [0.3, 0.4) is 0 Å². The normalized spacial score (nSPS) is 26.3. The summed E-state index contributed by atoms with van der Waals surface area (Å²) in [5, 5.41) is 15.0. The van der Waals surface area contributed by atoms with Gasteiger partial charge in [-0.25, -0.2) is 13.2 Å². The summed E-state index contributed by atoms with van der Waals surface area (Å²) in [5.41, 5.74) is 0. The SMILES string of the molecule is O=C(O)CC1CS(=O)(=O)CCN1C(=O)NC1CCNCC1. The molecule has 2 fully saturated rings. The van der Waals surface area contributed by atoms with Crippen LogP contribution in [0.1, 0.15) is 19.3 Å². The van der Waals surface area contributed by atoms with Crippen molar-refractivity contribution in [1.82, 2.24) is 15.5 Å². The first-order valence-electron chi connectivity index (χ1n) is 7.07. The zero-order valence-corrected chi connectivity index (χ0v) is 12.6. The van der Waals surface area contributed by atoms with E-state index in [0.717, 1.165) is 25.9 Å². The van der Waals surface area contributed by atoms with Crippen LogP contribution in [0.5, 0.6) is 0 Å². The molecule has 1 atom stereocenters. The number of aliphatic carboxylic acids is 1. The van der Waals surface area contributed by atoms with Crippen molar-refractivity contribution in [1.29, 1.82) is 0 Å². The summed E-state index contributed by atoms with van der Waals surface area (Å²) >= 11 is 0. The van der Waals surface area contributed by atoms with E-state index in [0.29, 0.717) is 0 Å². The lowest BCUT2D eigenvalue weighted by Crippen LogP contribution is -2.57. The summed E-state index contributed by atoms with van der Waals surface area (Å²) in [6, 6.07) is -1.09. The highest BCUT2D eigenvalue weighted by Gasteiger charge is 2.36. The zero-order valence-electron chi connectivity index (χ0n) is 11.7. The Morgan fingerprint density at radius 2 is 1.95 bits per heavy atom. The first-order chi connectivity index (χ1) is 9.87. The van der Waals surface area contributed by atoms with E-state index in [2.05, 4.69) is 10.6 Å². The maximum atomic E-state index is 12.3. The minimum atomic E-state index is -3.27. The number of carbonyl (C=O) groups excluding carboxylic acids is 1. The Kier molecular flexibility index (Phi) is 5.04. The van der Waals surface area contributed by atoms with E-state index in [4.69, 9.17) is 5.11 Å². The summed E-state index contributed by atoms with van der Waals surface area (Å²) < 4.78 is 23.3. The van der Waals surface area contributed by atoms with Gasteiger partial charge in [0.1, 0.15) is 0 Å². The molecule has 2 aliphatic rings. The minimum absolute atomic E-state index is 0.0527. The molecule has 0 saturated carbocycles. The second kappa shape index (κ2) is 6.61. The molecule has 1 unspecified atom stereocenters. The Morgan fingerprint density at radius 1 is 1.29 bits per heavy atom. The molecule has 2 heterocycles. The molecular formula is C12H21N3O5S. The Morgan fingerprint density at radius 3 is 2.57 bits per heavy atom. The van der Waals surface area contributed by atoms with E-state index >= 15 is 0 Å². The first kappa shape index (κ1) is 16.0. The Hall–Kier alpha value is -1.35. The molecule has 2 rings (SSSR count). The van der Waals surface area contributed by atoms with Crippen molar-refractivity contribution < 1.29 is 23.1 Å². The number of amides is 2. The van der Waals surface area contributed by atoms with E-state index in [1.54, 1.807) is 0 Å². The number of carbonyl (C=O) groups is 2. The van der Waals surface area contributed by atoms with Crippen molar-refractivity contribution in [2.75, 3.05) is 31.1 Å². The average molecular weight is 319 g/mol. The molecule has 0 aromatic carbocycles. The van der Waals surface area contributed by atoms with Crippen LogP contribution in [0, 0.1) is 0 Å². The van der Waals surface area contributed by atoms with E-state index in [9.17, 15) is 18.0 Å². The molecule has 2 saturated heterocycles. The molecule has 9 heteroatoms. The second-order valence-electron chi connectivity index (χ2n) is 5.53. The standard InChI is InChI=1S/C12H21N3O5S/c16-11(17)7-10-8-21(19,20)6-5-15(10)12(18)14-9-1-3-13-4-2-9/h9-10,13H,1-8H2,(H,14,18)(H,16,17). The maximum absolute atomic E-state index is 12.3. The van der Waals surface area contributed by atoms with Gasteiger partial charge in [-0.3, -0.25) is 4.79 Å². The van der Waals surface area contributed by atoms with E-state index in [1.807, 2.05) is 0 Å². The fourth-order valence-electron chi connectivity index (χ4n) is 2.75. The number of rotatable bonds is 3. The van der Waals surface area contributed by atoms with E-state index < -0.39 is 21.8 Å². The molecule has 0 radical (unpaired) electrons. The van der Waals surface area contributed by atoms with Crippen molar-refractivity contribution in [3.63, 3.8) is 0 Å². The molecule has 2 aliphatic heterocycles. The summed E-state index contributed by atoms with van der Waals surface area (Å²) in [7, 11) is -3.27. The fraction of sp³-hybridized carbons (Fsp3) is 0.833. The third-order valence-electron chi connectivity index (χ3n) is 3.87. The number of carboxylic acid groups (broad SMARTS) is 1. The Bertz CT molecular complexity index is 501. The van der Waals surface area contributed by atoms with Gasteiger partial charge >= 0.3 is 12.0 Å². The number of piperidine rings is 1. The van der Waals surface area contributed by atoms with Gasteiger partial charge in [-0.15, -0.1) is 0 Å². The fourth-order valence-corrected chi connectivity index (χ4v) is 4.27. The molecule has 0 aliphatic carbocycles. The van der Waals surface area contributed by atoms with Crippen molar-refractivity contribution in [2.45, 2.75) is 31.3 Å². The molecule has 3 N–H and O–H groups in total. The largest absolute Gasteiger partial charge is 0.481 e. The molecule has 21 heavy (non-hydrogen) atoms. The van der Waals surface area contributed by atoms with Crippen LogP contribution in [-0.2, 0) is 14.6 Å². The van der Waals surface area contributed by atoms with Crippen molar-refractivity contribution in [2.24, 2.45) is 0 Å².